The molecule has 4 heteroatoms. The molecule has 0 heterocycles. The van der Waals surface area contributed by atoms with Crippen molar-refractivity contribution in [1.82, 2.24) is 0 Å². The number of hydrogen-bond donors (Lipinski definition) is 0. The zero-order valence-electron chi connectivity index (χ0n) is 11.1. The van der Waals surface area contributed by atoms with Crippen LogP contribution in [-0.2, 0) is 14.3 Å². The molecule has 0 spiro atoms. The molecule has 0 aliphatic carbocycles. The van der Waals surface area contributed by atoms with Crippen molar-refractivity contribution in [2.24, 2.45) is 0 Å². The topological polar surface area (TPSA) is 35.5 Å². The molecule has 0 aromatic heterocycles. The highest BCUT2D eigenvalue weighted by atomic mass is 32.2. The van der Waals surface area contributed by atoms with Crippen LogP contribution in [0.1, 0.15) is 20.8 Å². The second-order valence-electron chi connectivity index (χ2n) is 3.84. The molecule has 0 N–H and O–H groups in total. The Morgan fingerprint density at radius 2 is 1.72 bits per heavy atom. The standard InChI is InChI=1S/C14H20O3S/c1-4-16-14(3,17-5-2)13(15)11-18-12-9-7-6-8-10-12/h6-10H,4-5,11H2,1-3H3. The summed E-state index contributed by atoms with van der Waals surface area (Å²) in [5, 5.41) is 0. The number of hydrogen-bond acceptors (Lipinski definition) is 4. The van der Waals surface area contributed by atoms with Crippen LogP contribution in [0.3, 0.4) is 0 Å². The normalized spacial score (nSPS) is 11.5. The zero-order chi connectivity index (χ0) is 13.4. The number of carbonyl (C=O) groups is 1. The minimum Gasteiger partial charge on any atom is -0.344 e. The summed E-state index contributed by atoms with van der Waals surface area (Å²) in [5.41, 5.74) is 0. The van der Waals surface area contributed by atoms with Gasteiger partial charge in [-0.15, -0.1) is 11.8 Å². The van der Waals surface area contributed by atoms with E-state index in [4.69, 9.17) is 9.47 Å². The molecular weight excluding hydrogens is 248 g/mol. The molecule has 0 radical (unpaired) electrons. The van der Waals surface area contributed by atoms with Crippen LogP contribution in [0.15, 0.2) is 35.2 Å². The molecule has 3 nitrogen and oxygen atoms in total. The molecule has 0 atom stereocenters. The number of benzene rings is 1. The van der Waals surface area contributed by atoms with Crippen LogP contribution in [0.25, 0.3) is 0 Å². The van der Waals surface area contributed by atoms with Crippen LogP contribution in [0.4, 0.5) is 0 Å². The molecule has 0 fully saturated rings. The number of ether oxygens (including phenoxy) is 2. The first-order valence-electron chi connectivity index (χ1n) is 6.11. The maximum atomic E-state index is 12.1. The lowest BCUT2D eigenvalue weighted by Gasteiger charge is -2.27. The summed E-state index contributed by atoms with van der Waals surface area (Å²) in [4.78, 5) is 13.2. The summed E-state index contributed by atoms with van der Waals surface area (Å²) in [6.45, 7) is 6.31. The lowest BCUT2D eigenvalue weighted by atomic mass is 10.2. The van der Waals surface area contributed by atoms with Crippen molar-refractivity contribution in [2.45, 2.75) is 31.5 Å². The van der Waals surface area contributed by atoms with Crippen LogP contribution in [0.5, 0.6) is 0 Å². The minimum absolute atomic E-state index is 0.0416. The van der Waals surface area contributed by atoms with Gasteiger partial charge in [0.05, 0.1) is 5.75 Å². The van der Waals surface area contributed by atoms with Crippen molar-refractivity contribution in [3.8, 4) is 0 Å². The van der Waals surface area contributed by atoms with Gasteiger partial charge in [0, 0.05) is 18.1 Å². The van der Waals surface area contributed by atoms with Gasteiger partial charge in [0.2, 0.25) is 11.6 Å². The van der Waals surface area contributed by atoms with Crippen LogP contribution in [0.2, 0.25) is 0 Å². The highest BCUT2D eigenvalue weighted by Gasteiger charge is 2.34. The molecule has 18 heavy (non-hydrogen) atoms. The average Bonchev–Trinajstić information content (AvgIpc) is 2.37. The first-order valence-corrected chi connectivity index (χ1v) is 7.10. The van der Waals surface area contributed by atoms with E-state index in [1.807, 2.05) is 44.2 Å². The summed E-state index contributed by atoms with van der Waals surface area (Å²) < 4.78 is 10.9. The van der Waals surface area contributed by atoms with Crippen LogP contribution < -0.4 is 0 Å². The number of ketones is 1. The molecule has 1 rings (SSSR count). The average molecular weight is 268 g/mol. The van der Waals surface area contributed by atoms with Crippen LogP contribution in [-0.4, -0.2) is 30.5 Å². The third-order valence-corrected chi connectivity index (χ3v) is 3.47. The van der Waals surface area contributed by atoms with Crippen molar-refractivity contribution < 1.29 is 14.3 Å². The Balaban J connectivity index is 2.57. The predicted octanol–water partition coefficient (Wildman–Crippen LogP) is 3.14. The summed E-state index contributed by atoms with van der Waals surface area (Å²) in [5.74, 6) is -0.814. The fourth-order valence-electron chi connectivity index (χ4n) is 1.55. The molecule has 0 saturated carbocycles. The molecule has 0 amide bonds. The van der Waals surface area contributed by atoms with E-state index in [0.29, 0.717) is 19.0 Å². The van der Waals surface area contributed by atoms with E-state index >= 15 is 0 Å². The van der Waals surface area contributed by atoms with Gasteiger partial charge in [0.15, 0.2) is 0 Å². The molecule has 0 unspecified atom stereocenters. The van der Waals surface area contributed by atoms with Crippen LogP contribution in [0, 0.1) is 0 Å². The van der Waals surface area contributed by atoms with E-state index in [0.717, 1.165) is 4.90 Å². The predicted molar refractivity (Wildman–Crippen MR) is 73.8 cm³/mol. The summed E-state index contributed by atoms with van der Waals surface area (Å²) in [7, 11) is 0. The van der Waals surface area contributed by atoms with Gasteiger partial charge in [-0.05, 0) is 32.9 Å². The van der Waals surface area contributed by atoms with E-state index in [2.05, 4.69) is 0 Å². The van der Waals surface area contributed by atoms with Crippen molar-refractivity contribution in [3.05, 3.63) is 30.3 Å². The van der Waals surface area contributed by atoms with Gasteiger partial charge in [-0.3, -0.25) is 4.79 Å². The molecule has 0 bridgehead atoms. The Hall–Kier alpha value is -0.840. The summed E-state index contributed by atoms with van der Waals surface area (Å²) >= 11 is 1.50. The lowest BCUT2D eigenvalue weighted by molar-refractivity contribution is -0.214. The minimum atomic E-state index is -1.12. The Morgan fingerprint density at radius 3 is 2.22 bits per heavy atom. The largest absolute Gasteiger partial charge is 0.344 e. The Morgan fingerprint density at radius 1 is 1.17 bits per heavy atom. The van der Waals surface area contributed by atoms with Crippen molar-refractivity contribution in [2.75, 3.05) is 19.0 Å². The first kappa shape index (κ1) is 15.2. The highest BCUT2D eigenvalue weighted by Crippen LogP contribution is 2.22. The maximum Gasteiger partial charge on any atom is 0.226 e. The molecule has 100 valence electrons. The van der Waals surface area contributed by atoms with Gasteiger partial charge in [-0.25, -0.2) is 0 Å². The maximum absolute atomic E-state index is 12.1. The van der Waals surface area contributed by atoms with Gasteiger partial charge in [-0.2, -0.15) is 0 Å². The number of carbonyl (C=O) groups excluding carboxylic acids is 1. The lowest BCUT2D eigenvalue weighted by Crippen LogP contribution is -2.42. The van der Waals surface area contributed by atoms with Crippen LogP contribution >= 0.6 is 11.8 Å². The summed E-state index contributed by atoms with van der Waals surface area (Å²) in [6.07, 6.45) is 0. The fraction of sp³-hybridized carbons (Fsp3) is 0.500. The van der Waals surface area contributed by atoms with Gasteiger partial charge in [-0.1, -0.05) is 18.2 Å². The monoisotopic (exact) mass is 268 g/mol. The number of thioether (sulfide) groups is 1. The van der Waals surface area contributed by atoms with E-state index in [1.54, 1.807) is 6.92 Å². The van der Waals surface area contributed by atoms with Crippen molar-refractivity contribution in [1.29, 1.82) is 0 Å². The second kappa shape index (κ2) is 7.56. The van der Waals surface area contributed by atoms with Gasteiger partial charge >= 0.3 is 0 Å². The van der Waals surface area contributed by atoms with Gasteiger partial charge in [0.25, 0.3) is 0 Å². The fourth-order valence-corrected chi connectivity index (χ4v) is 2.46. The zero-order valence-corrected chi connectivity index (χ0v) is 12.0. The van der Waals surface area contributed by atoms with Gasteiger partial charge < -0.3 is 9.47 Å². The Kier molecular flexibility index (Phi) is 6.39. The van der Waals surface area contributed by atoms with E-state index in [1.165, 1.54) is 11.8 Å². The second-order valence-corrected chi connectivity index (χ2v) is 4.89. The van der Waals surface area contributed by atoms with Gasteiger partial charge in [0.1, 0.15) is 0 Å². The molecular formula is C14H20O3S. The van der Waals surface area contributed by atoms with E-state index in [-0.39, 0.29) is 5.78 Å². The number of rotatable bonds is 8. The third-order valence-electron chi connectivity index (χ3n) is 2.46. The first-order chi connectivity index (χ1) is 8.62. The van der Waals surface area contributed by atoms with E-state index in [9.17, 15) is 4.79 Å². The van der Waals surface area contributed by atoms with Crippen molar-refractivity contribution in [3.63, 3.8) is 0 Å². The SMILES string of the molecule is CCOC(C)(OCC)C(=O)CSc1ccccc1. The van der Waals surface area contributed by atoms with E-state index < -0.39 is 5.79 Å². The Bertz CT molecular complexity index is 359. The quantitative estimate of drug-likeness (QED) is 0.536. The molecule has 1 aromatic carbocycles. The molecule has 0 aliphatic heterocycles. The molecule has 0 saturated heterocycles. The highest BCUT2D eigenvalue weighted by molar-refractivity contribution is 8.00. The third kappa shape index (κ3) is 4.44. The smallest absolute Gasteiger partial charge is 0.226 e. The molecule has 1 aromatic rings. The Labute approximate surface area is 113 Å². The summed E-state index contributed by atoms with van der Waals surface area (Å²) in [6, 6.07) is 9.83. The number of Topliss-reactive ketones (excluding diaryl/α,β-unsaturated/α-hetero) is 1. The van der Waals surface area contributed by atoms with Crippen molar-refractivity contribution >= 4 is 17.5 Å². The molecule has 0 aliphatic rings.